The largest absolute Gasteiger partial charge is 0.367 e. The number of aliphatic hydroxyl groups is 1. The smallest absolute Gasteiger partial charge is 0.183 e. The SMILES string of the molecule is COCN1N=CC(Cl)=C(Cl)C1O. The van der Waals surface area contributed by atoms with Gasteiger partial charge in [-0.1, -0.05) is 23.2 Å². The lowest BCUT2D eigenvalue weighted by Gasteiger charge is -2.26. The van der Waals surface area contributed by atoms with Crippen LogP contribution in [0.25, 0.3) is 0 Å². The fourth-order valence-electron chi connectivity index (χ4n) is 0.740. The van der Waals surface area contributed by atoms with E-state index in [1.54, 1.807) is 0 Å². The molecule has 1 atom stereocenters. The highest BCUT2D eigenvalue weighted by Gasteiger charge is 2.22. The van der Waals surface area contributed by atoms with E-state index >= 15 is 0 Å². The first-order valence-electron chi connectivity index (χ1n) is 3.19. The molecule has 0 fully saturated rings. The maximum absolute atomic E-state index is 9.40. The Morgan fingerprint density at radius 1 is 1.75 bits per heavy atom. The molecule has 0 amide bonds. The van der Waals surface area contributed by atoms with Gasteiger partial charge in [0, 0.05) is 7.11 Å². The van der Waals surface area contributed by atoms with Gasteiger partial charge in [-0.05, 0) is 0 Å². The summed E-state index contributed by atoms with van der Waals surface area (Å²) >= 11 is 11.3. The van der Waals surface area contributed by atoms with Crippen molar-refractivity contribution in [3.8, 4) is 0 Å². The van der Waals surface area contributed by atoms with Crippen LogP contribution < -0.4 is 0 Å². The Morgan fingerprint density at radius 2 is 2.42 bits per heavy atom. The number of aliphatic hydroxyl groups excluding tert-OH is 1. The van der Waals surface area contributed by atoms with Crippen molar-refractivity contribution < 1.29 is 9.84 Å². The summed E-state index contributed by atoms with van der Waals surface area (Å²) in [5.41, 5.74) is 0. The summed E-state index contributed by atoms with van der Waals surface area (Å²) in [5, 5.41) is 14.9. The molecular formula is C6H8Cl2N2O2. The average Bonchev–Trinajstić information content (AvgIpc) is 2.07. The number of nitrogens with zero attached hydrogens (tertiary/aromatic N) is 2. The van der Waals surface area contributed by atoms with Crippen molar-refractivity contribution in [2.24, 2.45) is 5.10 Å². The van der Waals surface area contributed by atoms with Crippen molar-refractivity contribution in [2.45, 2.75) is 6.23 Å². The summed E-state index contributed by atoms with van der Waals surface area (Å²) in [4.78, 5) is 0. The second-order valence-electron chi connectivity index (χ2n) is 2.17. The minimum absolute atomic E-state index is 0.156. The molecule has 0 saturated heterocycles. The minimum Gasteiger partial charge on any atom is -0.367 e. The van der Waals surface area contributed by atoms with Gasteiger partial charge in [0.2, 0.25) is 0 Å². The number of hydrazone groups is 1. The van der Waals surface area contributed by atoms with E-state index in [1.807, 2.05) is 0 Å². The molecule has 1 aliphatic rings. The van der Waals surface area contributed by atoms with Gasteiger partial charge in [0.15, 0.2) is 6.23 Å². The van der Waals surface area contributed by atoms with E-state index in [1.165, 1.54) is 18.3 Å². The van der Waals surface area contributed by atoms with Crippen molar-refractivity contribution >= 4 is 29.4 Å². The molecule has 1 heterocycles. The molecule has 1 rings (SSSR count). The fraction of sp³-hybridized carbons (Fsp3) is 0.500. The Bertz CT molecular complexity index is 230. The van der Waals surface area contributed by atoms with Crippen molar-refractivity contribution in [2.75, 3.05) is 13.8 Å². The molecule has 0 aliphatic carbocycles. The zero-order valence-corrected chi connectivity index (χ0v) is 7.88. The standard InChI is InChI=1S/C6H8Cl2N2O2/c1-12-3-10-6(11)5(8)4(7)2-9-10/h2,6,11H,3H2,1H3. The van der Waals surface area contributed by atoms with E-state index in [0.29, 0.717) is 0 Å². The van der Waals surface area contributed by atoms with Gasteiger partial charge < -0.3 is 9.84 Å². The molecule has 0 bridgehead atoms. The Labute approximate surface area is 80.0 Å². The second-order valence-corrected chi connectivity index (χ2v) is 2.99. The third-order valence-electron chi connectivity index (χ3n) is 1.32. The van der Waals surface area contributed by atoms with Gasteiger partial charge in [0.05, 0.1) is 16.3 Å². The lowest BCUT2D eigenvalue weighted by molar-refractivity contribution is -0.0363. The van der Waals surface area contributed by atoms with E-state index < -0.39 is 6.23 Å². The van der Waals surface area contributed by atoms with Gasteiger partial charge in [-0.3, -0.25) is 0 Å². The van der Waals surface area contributed by atoms with E-state index in [9.17, 15) is 5.11 Å². The van der Waals surface area contributed by atoms with Gasteiger partial charge in [-0.2, -0.15) is 5.10 Å². The molecule has 0 saturated carbocycles. The van der Waals surface area contributed by atoms with Crippen LogP contribution in [0.15, 0.2) is 15.2 Å². The number of methoxy groups -OCH3 is 1. The van der Waals surface area contributed by atoms with Crippen molar-refractivity contribution in [3.63, 3.8) is 0 Å². The lowest BCUT2D eigenvalue weighted by atomic mass is 10.4. The van der Waals surface area contributed by atoms with Gasteiger partial charge >= 0.3 is 0 Å². The normalized spacial score (nSPS) is 23.7. The molecule has 1 aliphatic heterocycles. The molecule has 0 spiro atoms. The van der Waals surface area contributed by atoms with Crippen LogP contribution in [-0.2, 0) is 4.74 Å². The number of halogens is 2. The first kappa shape index (κ1) is 9.80. The summed E-state index contributed by atoms with van der Waals surface area (Å²) in [6.07, 6.45) is 0.347. The highest BCUT2D eigenvalue weighted by molar-refractivity contribution is 6.46. The Hall–Kier alpha value is -0.290. The average molecular weight is 211 g/mol. The van der Waals surface area contributed by atoms with Gasteiger partial charge in [-0.25, -0.2) is 5.01 Å². The summed E-state index contributed by atoms with van der Waals surface area (Å²) < 4.78 is 4.76. The Balaban J connectivity index is 2.71. The number of ether oxygens (including phenoxy) is 1. The molecule has 0 aromatic heterocycles. The first-order valence-corrected chi connectivity index (χ1v) is 3.95. The summed E-state index contributed by atoms with van der Waals surface area (Å²) in [6.45, 7) is 0.165. The Morgan fingerprint density at radius 3 is 3.00 bits per heavy atom. The number of hydrogen-bond acceptors (Lipinski definition) is 4. The third kappa shape index (κ3) is 1.90. The van der Waals surface area contributed by atoms with Crippen LogP contribution >= 0.6 is 23.2 Å². The molecule has 0 aromatic carbocycles. The highest BCUT2D eigenvalue weighted by atomic mass is 35.5. The molecule has 0 aromatic rings. The molecule has 12 heavy (non-hydrogen) atoms. The van der Waals surface area contributed by atoms with Crippen LogP contribution in [0.1, 0.15) is 0 Å². The number of hydrogen-bond donors (Lipinski definition) is 1. The summed E-state index contributed by atoms with van der Waals surface area (Å²) in [6, 6.07) is 0. The predicted molar refractivity (Wildman–Crippen MR) is 46.9 cm³/mol. The number of rotatable bonds is 2. The molecule has 68 valence electrons. The van der Waals surface area contributed by atoms with E-state index in [-0.39, 0.29) is 16.8 Å². The van der Waals surface area contributed by atoms with Crippen molar-refractivity contribution in [1.82, 2.24) is 5.01 Å². The molecule has 1 N–H and O–H groups in total. The zero-order chi connectivity index (χ0) is 9.14. The first-order chi connectivity index (χ1) is 5.66. The van der Waals surface area contributed by atoms with Crippen LogP contribution in [0.3, 0.4) is 0 Å². The highest BCUT2D eigenvalue weighted by Crippen LogP contribution is 2.22. The summed E-state index contributed by atoms with van der Waals surface area (Å²) in [5.74, 6) is 0. The van der Waals surface area contributed by atoms with Gasteiger partial charge in [-0.15, -0.1) is 0 Å². The molecular weight excluding hydrogens is 203 g/mol. The lowest BCUT2D eigenvalue weighted by Crippen LogP contribution is -2.35. The van der Waals surface area contributed by atoms with E-state index in [2.05, 4.69) is 5.10 Å². The van der Waals surface area contributed by atoms with Crippen LogP contribution in [0.4, 0.5) is 0 Å². The van der Waals surface area contributed by atoms with Gasteiger partial charge in [0.25, 0.3) is 0 Å². The van der Waals surface area contributed by atoms with Crippen LogP contribution in [-0.4, -0.2) is 36.4 Å². The van der Waals surface area contributed by atoms with E-state index in [0.717, 1.165) is 0 Å². The van der Waals surface area contributed by atoms with Crippen LogP contribution in [0.5, 0.6) is 0 Å². The fourth-order valence-corrected chi connectivity index (χ4v) is 1.04. The Kier molecular flexibility index (Phi) is 3.34. The van der Waals surface area contributed by atoms with Crippen LogP contribution in [0.2, 0.25) is 0 Å². The monoisotopic (exact) mass is 210 g/mol. The zero-order valence-electron chi connectivity index (χ0n) is 6.37. The second kappa shape index (κ2) is 4.09. The molecule has 4 nitrogen and oxygen atoms in total. The molecule has 0 radical (unpaired) electrons. The van der Waals surface area contributed by atoms with Crippen molar-refractivity contribution in [3.05, 3.63) is 10.1 Å². The third-order valence-corrected chi connectivity index (χ3v) is 2.11. The van der Waals surface area contributed by atoms with E-state index in [4.69, 9.17) is 27.9 Å². The molecule has 1 unspecified atom stereocenters. The maximum atomic E-state index is 9.40. The number of allylic oxidation sites excluding steroid dienone is 1. The van der Waals surface area contributed by atoms with Crippen molar-refractivity contribution in [1.29, 1.82) is 0 Å². The van der Waals surface area contributed by atoms with Crippen LogP contribution in [0, 0.1) is 0 Å². The maximum Gasteiger partial charge on any atom is 0.183 e. The minimum atomic E-state index is -1.01. The topological polar surface area (TPSA) is 45.1 Å². The van der Waals surface area contributed by atoms with Gasteiger partial charge in [0.1, 0.15) is 6.73 Å². The quantitative estimate of drug-likeness (QED) is 0.737. The summed E-state index contributed by atoms with van der Waals surface area (Å²) in [7, 11) is 1.50. The molecule has 6 heteroatoms. The predicted octanol–water partition coefficient (Wildman–Crippen LogP) is 0.899.